The number of carboxylic acids is 1. The fourth-order valence-corrected chi connectivity index (χ4v) is 0.800. The van der Waals surface area contributed by atoms with Gasteiger partial charge in [-0.1, -0.05) is 42.5 Å². The first-order chi connectivity index (χ1) is 6.77. The van der Waals surface area contributed by atoms with Crippen LogP contribution in [0.15, 0.2) is 48.6 Å². The Morgan fingerprint density at radius 2 is 1.71 bits per heavy atom. The SMILES string of the molecule is CC=CCCC=CC=CC=CC(=O)O. The molecule has 0 fully saturated rings. The molecule has 2 heteroatoms. The highest BCUT2D eigenvalue weighted by Gasteiger charge is 1.79. The number of unbranched alkanes of at least 4 members (excludes halogenated alkanes) is 1. The van der Waals surface area contributed by atoms with Gasteiger partial charge in [0.15, 0.2) is 0 Å². The van der Waals surface area contributed by atoms with E-state index < -0.39 is 5.97 Å². The molecule has 0 atom stereocenters. The van der Waals surface area contributed by atoms with Crippen molar-refractivity contribution >= 4 is 5.97 Å². The van der Waals surface area contributed by atoms with Crippen LogP contribution in [-0.4, -0.2) is 11.1 Å². The summed E-state index contributed by atoms with van der Waals surface area (Å²) in [6.07, 6.45) is 16.3. The summed E-state index contributed by atoms with van der Waals surface area (Å²) >= 11 is 0. The highest BCUT2D eigenvalue weighted by atomic mass is 16.4. The van der Waals surface area contributed by atoms with Gasteiger partial charge >= 0.3 is 5.97 Å². The Labute approximate surface area is 85.0 Å². The van der Waals surface area contributed by atoms with E-state index in [1.54, 1.807) is 6.08 Å². The molecule has 76 valence electrons. The zero-order valence-corrected chi connectivity index (χ0v) is 8.39. The number of hydrogen-bond donors (Lipinski definition) is 1. The van der Waals surface area contributed by atoms with Gasteiger partial charge in [-0.2, -0.15) is 0 Å². The molecule has 0 aromatic rings. The Morgan fingerprint density at radius 3 is 2.36 bits per heavy atom. The van der Waals surface area contributed by atoms with Crippen LogP contribution in [0.1, 0.15) is 19.8 Å². The third-order valence-corrected chi connectivity index (χ3v) is 1.44. The summed E-state index contributed by atoms with van der Waals surface area (Å²) in [5, 5.41) is 8.27. The first-order valence-corrected chi connectivity index (χ1v) is 4.61. The van der Waals surface area contributed by atoms with Crippen LogP contribution in [0.5, 0.6) is 0 Å². The predicted molar refractivity (Wildman–Crippen MR) is 59.1 cm³/mol. The first-order valence-electron chi connectivity index (χ1n) is 4.61. The lowest BCUT2D eigenvalue weighted by Crippen LogP contribution is -1.84. The number of carboxylic acid groups (broad SMARTS) is 1. The van der Waals surface area contributed by atoms with E-state index in [1.807, 2.05) is 31.2 Å². The molecule has 2 nitrogen and oxygen atoms in total. The van der Waals surface area contributed by atoms with E-state index in [4.69, 9.17) is 5.11 Å². The maximum absolute atomic E-state index is 10.1. The minimum atomic E-state index is -0.924. The van der Waals surface area contributed by atoms with E-state index in [2.05, 4.69) is 6.08 Å². The van der Waals surface area contributed by atoms with E-state index >= 15 is 0 Å². The Balaban J connectivity index is 3.55. The Bertz CT molecular complexity index is 257. The molecule has 0 spiro atoms. The molecule has 0 bridgehead atoms. The van der Waals surface area contributed by atoms with E-state index in [9.17, 15) is 4.79 Å². The lowest BCUT2D eigenvalue weighted by Gasteiger charge is -1.82. The summed E-state index contributed by atoms with van der Waals surface area (Å²) in [4.78, 5) is 10.1. The summed E-state index contributed by atoms with van der Waals surface area (Å²) in [5.41, 5.74) is 0. The van der Waals surface area contributed by atoms with Crippen molar-refractivity contribution in [1.29, 1.82) is 0 Å². The van der Waals surface area contributed by atoms with Crippen molar-refractivity contribution in [1.82, 2.24) is 0 Å². The quantitative estimate of drug-likeness (QED) is 0.304. The van der Waals surface area contributed by atoms with Crippen LogP contribution in [-0.2, 0) is 4.79 Å². The number of allylic oxidation sites excluding steroid dienone is 7. The summed E-state index contributed by atoms with van der Waals surface area (Å²) < 4.78 is 0. The lowest BCUT2D eigenvalue weighted by atomic mass is 10.2. The van der Waals surface area contributed by atoms with Crippen molar-refractivity contribution in [2.24, 2.45) is 0 Å². The third-order valence-electron chi connectivity index (χ3n) is 1.44. The van der Waals surface area contributed by atoms with Crippen molar-refractivity contribution in [3.8, 4) is 0 Å². The maximum atomic E-state index is 10.1. The van der Waals surface area contributed by atoms with Gasteiger partial charge in [0.05, 0.1) is 0 Å². The molecule has 0 aliphatic carbocycles. The summed E-state index contributed by atoms with van der Waals surface area (Å²) in [5.74, 6) is -0.924. The van der Waals surface area contributed by atoms with Crippen LogP contribution in [0.4, 0.5) is 0 Å². The molecule has 14 heavy (non-hydrogen) atoms. The number of carbonyl (C=O) groups is 1. The fourth-order valence-electron chi connectivity index (χ4n) is 0.800. The number of aliphatic carboxylic acids is 1. The molecule has 0 heterocycles. The van der Waals surface area contributed by atoms with Gasteiger partial charge in [0.1, 0.15) is 0 Å². The minimum absolute atomic E-state index is 0.924. The van der Waals surface area contributed by atoms with Gasteiger partial charge in [-0.3, -0.25) is 0 Å². The van der Waals surface area contributed by atoms with Crippen molar-refractivity contribution in [2.45, 2.75) is 19.8 Å². The van der Waals surface area contributed by atoms with Gasteiger partial charge in [0.2, 0.25) is 0 Å². The van der Waals surface area contributed by atoms with E-state index in [0.717, 1.165) is 18.9 Å². The average Bonchev–Trinajstić information content (AvgIpc) is 2.15. The van der Waals surface area contributed by atoms with E-state index in [0.29, 0.717) is 0 Å². The summed E-state index contributed by atoms with van der Waals surface area (Å²) in [7, 11) is 0. The zero-order valence-electron chi connectivity index (χ0n) is 8.39. The van der Waals surface area contributed by atoms with Gasteiger partial charge in [-0.25, -0.2) is 4.79 Å². The molecule has 0 unspecified atom stereocenters. The number of hydrogen-bond acceptors (Lipinski definition) is 1. The smallest absolute Gasteiger partial charge is 0.328 e. The van der Waals surface area contributed by atoms with Gasteiger partial charge in [-0.05, 0) is 19.8 Å². The second kappa shape index (κ2) is 9.52. The fraction of sp³-hybridized carbons (Fsp3) is 0.250. The normalized spacial score (nSPS) is 12.6. The van der Waals surface area contributed by atoms with Gasteiger partial charge < -0.3 is 5.11 Å². The van der Waals surface area contributed by atoms with E-state index in [-0.39, 0.29) is 0 Å². The molecule has 0 radical (unpaired) electrons. The molecular weight excluding hydrogens is 176 g/mol. The second-order valence-electron chi connectivity index (χ2n) is 2.66. The van der Waals surface area contributed by atoms with E-state index in [1.165, 1.54) is 6.08 Å². The highest BCUT2D eigenvalue weighted by molar-refractivity contribution is 5.80. The van der Waals surface area contributed by atoms with Gasteiger partial charge in [0, 0.05) is 6.08 Å². The standard InChI is InChI=1S/C12H16O2/c1-2-3-4-5-6-7-8-9-10-11-12(13)14/h2-3,6-11H,4-5H2,1H3,(H,13,14). The van der Waals surface area contributed by atoms with Gasteiger partial charge in [-0.15, -0.1) is 0 Å². The van der Waals surface area contributed by atoms with Crippen LogP contribution < -0.4 is 0 Å². The zero-order chi connectivity index (χ0) is 10.6. The van der Waals surface area contributed by atoms with Crippen molar-refractivity contribution < 1.29 is 9.90 Å². The van der Waals surface area contributed by atoms with Crippen molar-refractivity contribution in [3.63, 3.8) is 0 Å². The molecule has 0 rings (SSSR count). The van der Waals surface area contributed by atoms with Gasteiger partial charge in [0.25, 0.3) is 0 Å². The van der Waals surface area contributed by atoms with Crippen LogP contribution in [0.3, 0.4) is 0 Å². The number of rotatable bonds is 6. The molecule has 1 N–H and O–H groups in total. The lowest BCUT2D eigenvalue weighted by molar-refractivity contribution is -0.131. The van der Waals surface area contributed by atoms with Crippen LogP contribution in [0.2, 0.25) is 0 Å². The van der Waals surface area contributed by atoms with Crippen molar-refractivity contribution in [2.75, 3.05) is 0 Å². The Kier molecular flexibility index (Phi) is 8.45. The average molecular weight is 192 g/mol. The Morgan fingerprint density at radius 1 is 1.07 bits per heavy atom. The molecule has 0 aliphatic rings. The predicted octanol–water partition coefficient (Wildman–Crippen LogP) is 3.10. The van der Waals surface area contributed by atoms with Crippen molar-refractivity contribution in [3.05, 3.63) is 48.6 Å². The maximum Gasteiger partial charge on any atom is 0.328 e. The molecule has 0 saturated heterocycles. The molecule has 0 aliphatic heterocycles. The molecule has 0 aromatic heterocycles. The summed E-state index contributed by atoms with van der Waals surface area (Å²) in [6.45, 7) is 2.00. The third kappa shape index (κ3) is 10.4. The van der Waals surface area contributed by atoms with Crippen LogP contribution >= 0.6 is 0 Å². The first kappa shape index (κ1) is 12.4. The highest BCUT2D eigenvalue weighted by Crippen LogP contribution is 1.92. The van der Waals surface area contributed by atoms with Crippen LogP contribution in [0, 0.1) is 0 Å². The molecule has 0 aromatic carbocycles. The second-order valence-corrected chi connectivity index (χ2v) is 2.66. The molecule has 0 amide bonds. The molecular formula is C12H16O2. The largest absolute Gasteiger partial charge is 0.478 e. The Hall–Kier alpha value is -1.57. The minimum Gasteiger partial charge on any atom is -0.478 e. The topological polar surface area (TPSA) is 37.3 Å². The monoisotopic (exact) mass is 192 g/mol. The summed E-state index contributed by atoms with van der Waals surface area (Å²) in [6, 6.07) is 0. The molecule has 0 saturated carbocycles. The van der Waals surface area contributed by atoms with Crippen LogP contribution in [0.25, 0.3) is 0 Å².